The van der Waals surface area contributed by atoms with Gasteiger partial charge in [-0.3, -0.25) is 10.1 Å². The van der Waals surface area contributed by atoms with Gasteiger partial charge in [-0.15, -0.1) is 0 Å². The summed E-state index contributed by atoms with van der Waals surface area (Å²) in [4.78, 5) is 21.2. The fraction of sp³-hybridized carbons (Fsp3) is 0.333. The molecule has 0 bridgehead atoms. The van der Waals surface area contributed by atoms with Gasteiger partial charge in [-0.1, -0.05) is 50.0 Å². The lowest BCUT2D eigenvalue weighted by Gasteiger charge is -2.12. The van der Waals surface area contributed by atoms with Crippen LogP contribution >= 0.6 is 0 Å². The van der Waals surface area contributed by atoms with E-state index in [4.69, 9.17) is 18.5 Å². The Bertz CT molecular complexity index is 1460. The number of carbonyl (C=O) groups is 1. The van der Waals surface area contributed by atoms with E-state index >= 15 is 0 Å². The number of nitrogens with two attached hydrogens (primary N) is 1. The molecule has 0 aliphatic heterocycles. The van der Waals surface area contributed by atoms with Crippen molar-refractivity contribution in [1.29, 1.82) is 0 Å². The molecule has 8 nitrogen and oxygen atoms in total. The van der Waals surface area contributed by atoms with E-state index in [1.807, 2.05) is 36.7 Å². The van der Waals surface area contributed by atoms with Crippen molar-refractivity contribution in [1.82, 2.24) is 19.7 Å². The third-order valence-electron chi connectivity index (χ3n) is 5.11. The highest BCUT2D eigenvalue weighted by molar-refractivity contribution is 6.00. The Morgan fingerprint density at radius 2 is 2.03 bits per heavy atom. The van der Waals surface area contributed by atoms with Gasteiger partial charge in [0.05, 0.1) is 17.5 Å². The van der Waals surface area contributed by atoms with Gasteiger partial charge in [0.1, 0.15) is 17.8 Å². The van der Waals surface area contributed by atoms with Gasteiger partial charge >= 0.3 is 0 Å². The average molecular weight is 439 g/mol. The normalized spacial score (nSPS) is 15.5. The summed E-state index contributed by atoms with van der Waals surface area (Å²) in [6, 6.07) is 8.66. The van der Waals surface area contributed by atoms with Crippen LogP contribution in [0.25, 0.3) is 22.2 Å². The molecule has 0 atom stereocenters. The lowest BCUT2D eigenvalue weighted by atomic mass is 9.92. The summed E-state index contributed by atoms with van der Waals surface area (Å²) in [5.41, 5.74) is 6.81. The minimum absolute atomic E-state index is 0.00880. The monoisotopic (exact) mass is 438 g/mol. The van der Waals surface area contributed by atoms with E-state index in [9.17, 15) is 4.79 Å². The SMILES string of the molecule is [2H]C([2H])([2H])C(C)(c1cc(NC(=O)Cc2ccc(-c3cn(C(C)C)c4ncnc(N)c34)cc2)on1)C([2H])([2H])[2H]. The molecule has 4 rings (SSSR count). The van der Waals surface area contributed by atoms with Gasteiger partial charge in [-0.25, -0.2) is 9.97 Å². The summed E-state index contributed by atoms with van der Waals surface area (Å²) < 4.78 is 53.4. The number of hydrogen-bond acceptors (Lipinski definition) is 6. The highest BCUT2D eigenvalue weighted by Gasteiger charge is 2.20. The van der Waals surface area contributed by atoms with Gasteiger partial charge in [-0.05, 0) is 25.0 Å². The van der Waals surface area contributed by atoms with Crippen LogP contribution in [0.1, 0.15) is 60.0 Å². The van der Waals surface area contributed by atoms with Crippen LogP contribution in [-0.2, 0) is 16.6 Å². The fourth-order valence-corrected chi connectivity index (χ4v) is 3.46. The molecule has 0 unspecified atom stereocenters. The Balaban J connectivity index is 1.52. The summed E-state index contributed by atoms with van der Waals surface area (Å²) in [6.07, 6.45) is 3.41. The van der Waals surface area contributed by atoms with E-state index in [-0.39, 0.29) is 24.0 Å². The molecule has 0 saturated carbocycles. The van der Waals surface area contributed by atoms with Crippen LogP contribution in [-0.4, -0.2) is 25.6 Å². The summed E-state index contributed by atoms with van der Waals surface area (Å²) >= 11 is 0. The first-order valence-corrected chi connectivity index (χ1v) is 10.1. The van der Waals surface area contributed by atoms with Gasteiger partial charge in [0.25, 0.3) is 0 Å². The van der Waals surface area contributed by atoms with Gasteiger partial charge in [0, 0.05) is 37.5 Å². The first-order valence-electron chi connectivity index (χ1n) is 13.1. The highest BCUT2D eigenvalue weighted by atomic mass is 16.5. The maximum absolute atomic E-state index is 12.6. The number of nitrogens with one attached hydrogen (secondary N) is 1. The van der Waals surface area contributed by atoms with Crippen molar-refractivity contribution in [3.05, 3.63) is 54.1 Å². The molecule has 166 valence electrons. The van der Waals surface area contributed by atoms with Crippen LogP contribution in [0.4, 0.5) is 11.7 Å². The first kappa shape index (κ1) is 15.2. The van der Waals surface area contributed by atoms with Gasteiger partial charge in [0.15, 0.2) is 0 Å². The van der Waals surface area contributed by atoms with E-state index in [0.717, 1.165) is 35.2 Å². The molecule has 0 aliphatic rings. The molecular formula is C24H28N6O2. The molecule has 1 aromatic carbocycles. The zero-order valence-electron chi connectivity index (χ0n) is 24.0. The first-order chi connectivity index (χ1) is 17.6. The van der Waals surface area contributed by atoms with Gasteiger partial charge in [-0.2, -0.15) is 0 Å². The molecule has 0 radical (unpaired) electrons. The van der Waals surface area contributed by atoms with Crippen molar-refractivity contribution in [3.8, 4) is 11.1 Å². The van der Waals surface area contributed by atoms with Gasteiger partial charge in [0.2, 0.25) is 11.8 Å². The van der Waals surface area contributed by atoms with Crippen molar-refractivity contribution in [2.45, 2.75) is 52.4 Å². The summed E-state index contributed by atoms with van der Waals surface area (Å²) in [7, 11) is 0. The predicted octanol–water partition coefficient (Wildman–Crippen LogP) is 4.73. The summed E-state index contributed by atoms with van der Waals surface area (Å²) in [5, 5.41) is 6.91. The summed E-state index contributed by atoms with van der Waals surface area (Å²) in [6.45, 7) is -0.579. The Morgan fingerprint density at radius 3 is 2.72 bits per heavy atom. The molecular weight excluding hydrogens is 404 g/mol. The maximum Gasteiger partial charge on any atom is 0.231 e. The van der Waals surface area contributed by atoms with E-state index in [2.05, 4.69) is 20.4 Å². The second-order valence-corrected chi connectivity index (χ2v) is 8.12. The van der Waals surface area contributed by atoms with Crippen molar-refractivity contribution >= 4 is 28.6 Å². The molecule has 3 heterocycles. The lowest BCUT2D eigenvalue weighted by Crippen LogP contribution is -2.14. The number of fused-ring (bicyclic) bond motifs is 1. The molecule has 0 fully saturated rings. The average Bonchev–Trinajstić information content (AvgIpc) is 3.43. The third kappa shape index (κ3) is 4.21. The lowest BCUT2D eigenvalue weighted by molar-refractivity contribution is -0.115. The highest BCUT2D eigenvalue weighted by Crippen LogP contribution is 2.34. The Labute approximate surface area is 195 Å². The van der Waals surface area contributed by atoms with Gasteiger partial charge < -0.3 is 14.8 Å². The minimum Gasteiger partial charge on any atom is -0.383 e. The quantitative estimate of drug-likeness (QED) is 0.466. The number of benzene rings is 1. The van der Waals surface area contributed by atoms with E-state index < -0.39 is 25.0 Å². The fourth-order valence-electron chi connectivity index (χ4n) is 3.46. The van der Waals surface area contributed by atoms with Crippen LogP contribution in [0.3, 0.4) is 0 Å². The number of aromatic nitrogens is 4. The van der Waals surface area contributed by atoms with E-state index in [0.29, 0.717) is 11.4 Å². The molecule has 3 N–H and O–H groups in total. The second-order valence-electron chi connectivity index (χ2n) is 8.12. The number of nitrogens with zero attached hydrogens (tertiary/aromatic N) is 4. The minimum atomic E-state index is -2.88. The number of carbonyl (C=O) groups excluding carboxylic acids is 1. The second kappa shape index (κ2) is 8.11. The number of rotatable bonds is 5. The summed E-state index contributed by atoms with van der Waals surface area (Å²) in [5.74, 6) is -0.204. The molecule has 1 amide bonds. The smallest absolute Gasteiger partial charge is 0.231 e. The predicted molar refractivity (Wildman–Crippen MR) is 125 cm³/mol. The molecule has 32 heavy (non-hydrogen) atoms. The van der Waals surface area contributed by atoms with Crippen LogP contribution in [0.2, 0.25) is 0 Å². The molecule has 0 saturated heterocycles. The number of amides is 1. The third-order valence-corrected chi connectivity index (χ3v) is 5.11. The molecule has 0 spiro atoms. The molecule has 4 aromatic rings. The largest absolute Gasteiger partial charge is 0.383 e. The molecule has 0 aliphatic carbocycles. The van der Waals surface area contributed by atoms with Crippen LogP contribution in [0.15, 0.2) is 47.4 Å². The van der Waals surface area contributed by atoms with Crippen LogP contribution in [0, 0.1) is 0 Å². The zero-order valence-corrected chi connectivity index (χ0v) is 18.0. The molecule has 3 aromatic heterocycles. The number of nitrogen functional groups attached to an aromatic ring is 1. The van der Waals surface area contributed by atoms with Crippen molar-refractivity contribution in [2.24, 2.45) is 0 Å². The Kier molecular flexibility index (Phi) is 3.84. The Hall–Kier alpha value is -3.68. The molecule has 8 heteroatoms. The van der Waals surface area contributed by atoms with Crippen molar-refractivity contribution in [2.75, 3.05) is 11.1 Å². The topological polar surface area (TPSA) is 112 Å². The maximum atomic E-state index is 12.6. The van der Waals surface area contributed by atoms with Crippen molar-refractivity contribution in [3.63, 3.8) is 0 Å². The number of hydrogen-bond donors (Lipinski definition) is 2. The number of anilines is 2. The van der Waals surface area contributed by atoms with E-state index in [1.165, 1.54) is 6.33 Å². The van der Waals surface area contributed by atoms with Crippen LogP contribution < -0.4 is 11.1 Å². The Morgan fingerprint density at radius 1 is 1.28 bits per heavy atom. The standard InChI is InChI=1S/C24H28N6O2/c1-14(2)30-12-17(21-22(25)26-13-27-23(21)30)16-8-6-15(7-9-16)10-19(31)28-20-11-18(29-32-20)24(3,4)5/h6-9,11-14H,10H2,1-5H3,(H,28,31)(H2,25,26,27)/i3D3,4D3. The van der Waals surface area contributed by atoms with Crippen molar-refractivity contribution < 1.29 is 17.5 Å². The zero-order chi connectivity index (χ0) is 28.0. The van der Waals surface area contributed by atoms with E-state index in [1.54, 1.807) is 12.1 Å². The van der Waals surface area contributed by atoms with Crippen LogP contribution in [0.5, 0.6) is 0 Å².